The summed E-state index contributed by atoms with van der Waals surface area (Å²) >= 11 is 1.89. The Hall–Kier alpha value is -0.0200. The normalized spacial score (nSPS) is 26.7. The van der Waals surface area contributed by atoms with E-state index in [1.54, 1.807) is 6.92 Å². The standard InChI is InChI=1S/C9H16O2S/c1-7(10)5-9(11)8-3-2-4-12-6-8/h8-9,11H,2-6H2,1H3. The van der Waals surface area contributed by atoms with Crippen LogP contribution in [0.25, 0.3) is 0 Å². The highest BCUT2D eigenvalue weighted by Crippen LogP contribution is 2.26. The summed E-state index contributed by atoms with van der Waals surface area (Å²) in [4.78, 5) is 10.7. The molecule has 0 aromatic heterocycles. The number of Topliss-reactive ketones (excluding diaryl/α,β-unsaturated/α-hetero) is 1. The minimum absolute atomic E-state index is 0.0954. The highest BCUT2D eigenvalue weighted by Gasteiger charge is 2.22. The number of carbonyl (C=O) groups is 1. The Labute approximate surface area is 77.7 Å². The summed E-state index contributed by atoms with van der Waals surface area (Å²) in [6, 6.07) is 0. The summed E-state index contributed by atoms with van der Waals surface area (Å²) in [5.41, 5.74) is 0. The maximum absolute atomic E-state index is 10.7. The van der Waals surface area contributed by atoms with Crippen LogP contribution in [0.4, 0.5) is 0 Å². The maximum atomic E-state index is 10.7. The van der Waals surface area contributed by atoms with E-state index in [4.69, 9.17) is 0 Å². The fourth-order valence-corrected chi connectivity index (χ4v) is 2.76. The van der Waals surface area contributed by atoms with E-state index in [9.17, 15) is 9.90 Å². The van der Waals surface area contributed by atoms with Gasteiger partial charge >= 0.3 is 0 Å². The van der Waals surface area contributed by atoms with Gasteiger partial charge in [0.05, 0.1) is 6.10 Å². The van der Waals surface area contributed by atoms with Crippen molar-refractivity contribution in [1.29, 1.82) is 0 Å². The molecule has 1 saturated heterocycles. The predicted octanol–water partition coefficient (Wildman–Crippen LogP) is 1.47. The minimum Gasteiger partial charge on any atom is -0.392 e. The Morgan fingerprint density at radius 2 is 2.50 bits per heavy atom. The Balaban J connectivity index is 2.29. The summed E-state index contributed by atoms with van der Waals surface area (Å²) in [7, 11) is 0. The van der Waals surface area contributed by atoms with E-state index in [1.807, 2.05) is 11.8 Å². The van der Waals surface area contributed by atoms with Gasteiger partial charge in [-0.25, -0.2) is 0 Å². The van der Waals surface area contributed by atoms with E-state index in [-0.39, 0.29) is 5.78 Å². The van der Waals surface area contributed by atoms with E-state index in [2.05, 4.69) is 0 Å². The molecule has 1 aliphatic heterocycles. The number of carbonyl (C=O) groups excluding carboxylic acids is 1. The van der Waals surface area contributed by atoms with Crippen LogP contribution in [0.3, 0.4) is 0 Å². The minimum atomic E-state index is -0.393. The lowest BCUT2D eigenvalue weighted by molar-refractivity contribution is -0.119. The van der Waals surface area contributed by atoms with Crippen LogP contribution in [0.15, 0.2) is 0 Å². The van der Waals surface area contributed by atoms with Crippen molar-refractivity contribution in [3.63, 3.8) is 0 Å². The quantitative estimate of drug-likeness (QED) is 0.728. The number of aliphatic hydroxyl groups excluding tert-OH is 1. The molecule has 70 valence electrons. The smallest absolute Gasteiger partial charge is 0.132 e. The van der Waals surface area contributed by atoms with Crippen molar-refractivity contribution in [1.82, 2.24) is 0 Å². The van der Waals surface area contributed by atoms with Gasteiger partial charge in [-0.3, -0.25) is 4.79 Å². The second-order valence-electron chi connectivity index (χ2n) is 3.45. The highest BCUT2D eigenvalue weighted by molar-refractivity contribution is 7.99. The van der Waals surface area contributed by atoms with Gasteiger partial charge in [-0.2, -0.15) is 11.8 Å². The second kappa shape index (κ2) is 4.87. The van der Waals surface area contributed by atoms with Gasteiger partial charge in [-0.15, -0.1) is 0 Å². The molecule has 1 aliphatic rings. The molecule has 0 amide bonds. The average molecular weight is 188 g/mol. The van der Waals surface area contributed by atoms with Crippen molar-refractivity contribution in [3.05, 3.63) is 0 Å². The topological polar surface area (TPSA) is 37.3 Å². The molecule has 0 radical (unpaired) electrons. The van der Waals surface area contributed by atoms with Crippen LogP contribution in [-0.2, 0) is 4.79 Å². The van der Waals surface area contributed by atoms with Crippen molar-refractivity contribution in [2.24, 2.45) is 5.92 Å². The molecule has 1 rings (SSSR count). The van der Waals surface area contributed by atoms with Gasteiger partial charge in [-0.1, -0.05) is 0 Å². The summed E-state index contributed by atoms with van der Waals surface area (Å²) in [6.07, 6.45) is 2.21. The van der Waals surface area contributed by atoms with Gasteiger partial charge in [-0.05, 0) is 37.2 Å². The molecule has 0 spiro atoms. The Bertz CT molecular complexity index is 153. The number of hydrogen-bond acceptors (Lipinski definition) is 3. The Kier molecular flexibility index (Phi) is 4.09. The van der Waals surface area contributed by atoms with Gasteiger partial charge in [0, 0.05) is 6.42 Å². The second-order valence-corrected chi connectivity index (χ2v) is 4.60. The first-order valence-electron chi connectivity index (χ1n) is 4.45. The van der Waals surface area contributed by atoms with Crippen molar-refractivity contribution < 1.29 is 9.90 Å². The van der Waals surface area contributed by atoms with Crippen molar-refractivity contribution in [2.75, 3.05) is 11.5 Å². The lowest BCUT2D eigenvalue weighted by Gasteiger charge is -2.25. The zero-order valence-electron chi connectivity index (χ0n) is 7.45. The molecule has 1 fully saturated rings. The van der Waals surface area contributed by atoms with Crippen LogP contribution in [0.5, 0.6) is 0 Å². The molecule has 0 bridgehead atoms. The summed E-state index contributed by atoms with van der Waals surface area (Å²) < 4.78 is 0. The molecule has 3 heteroatoms. The van der Waals surface area contributed by atoms with E-state index < -0.39 is 6.10 Å². The fourth-order valence-electron chi connectivity index (χ4n) is 1.53. The zero-order valence-corrected chi connectivity index (χ0v) is 8.27. The molecule has 2 atom stereocenters. The first-order valence-corrected chi connectivity index (χ1v) is 5.61. The molecule has 1 heterocycles. The van der Waals surface area contributed by atoms with Crippen LogP contribution in [-0.4, -0.2) is 28.5 Å². The molecule has 0 aromatic rings. The van der Waals surface area contributed by atoms with Gasteiger partial charge in [0.1, 0.15) is 5.78 Å². The van der Waals surface area contributed by atoms with Gasteiger partial charge in [0.25, 0.3) is 0 Å². The van der Waals surface area contributed by atoms with E-state index in [0.717, 1.165) is 12.2 Å². The van der Waals surface area contributed by atoms with E-state index in [1.165, 1.54) is 12.2 Å². The molecule has 1 N–H and O–H groups in total. The number of ketones is 1. The van der Waals surface area contributed by atoms with Gasteiger partial charge < -0.3 is 5.11 Å². The maximum Gasteiger partial charge on any atom is 0.132 e. The van der Waals surface area contributed by atoms with Crippen LogP contribution in [0.2, 0.25) is 0 Å². The number of aliphatic hydroxyl groups is 1. The molecule has 12 heavy (non-hydrogen) atoms. The van der Waals surface area contributed by atoms with Crippen molar-refractivity contribution in [3.8, 4) is 0 Å². The largest absolute Gasteiger partial charge is 0.392 e. The molecule has 0 aromatic carbocycles. The molecular weight excluding hydrogens is 172 g/mol. The van der Waals surface area contributed by atoms with Gasteiger partial charge in [0.2, 0.25) is 0 Å². The Morgan fingerprint density at radius 1 is 1.75 bits per heavy atom. The number of hydrogen-bond donors (Lipinski definition) is 1. The Morgan fingerprint density at radius 3 is 3.00 bits per heavy atom. The van der Waals surface area contributed by atoms with Crippen LogP contribution in [0.1, 0.15) is 26.2 Å². The first kappa shape index (κ1) is 10.1. The fraction of sp³-hybridized carbons (Fsp3) is 0.889. The molecule has 0 aliphatic carbocycles. The molecule has 2 unspecified atom stereocenters. The molecule has 0 saturated carbocycles. The summed E-state index contributed by atoms with van der Waals surface area (Å²) in [6.45, 7) is 1.54. The number of thioether (sulfide) groups is 1. The summed E-state index contributed by atoms with van der Waals surface area (Å²) in [5, 5.41) is 9.61. The SMILES string of the molecule is CC(=O)CC(O)C1CCCSC1. The first-order chi connectivity index (χ1) is 5.70. The van der Waals surface area contributed by atoms with E-state index >= 15 is 0 Å². The highest BCUT2D eigenvalue weighted by atomic mass is 32.2. The monoisotopic (exact) mass is 188 g/mol. The lowest BCUT2D eigenvalue weighted by atomic mass is 9.95. The predicted molar refractivity (Wildman–Crippen MR) is 51.4 cm³/mol. The third-order valence-corrected chi connectivity index (χ3v) is 3.48. The van der Waals surface area contributed by atoms with Crippen LogP contribution >= 0.6 is 11.8 Å². The lowest BCUT2D eigenvalue weighted by Crippen LogP contribution is -2.27. The molecular formula is C9H16O2S. The van der Waals surface area contributed by atoms with Gasteiger partial charge in [0.15, 0.2) is 0 Å². The average Bonchev–Trinajstić information content (AvgIpc) is 2.05. The summed E-state index contributed by atoms with van der Waals surface area (Å²) in [5.74, 6) is 2.68. The van der Waals surface area contributed by atoms with Crippen LogP contribution < -0.4 is 0 Å². The van der Waals surface area contributed by atoms with Crippen molar-refractivity contribution >= 4 is 17.5 Å². The van der Waals surface area contributed by atoms with Crippen LogP contribution in [0, 0.1) is 5.92 Å². The van der Waals surface area contributed by atoms with Crippen molar-refractivity contribution in [2.45, 2.75) is 32.3 Å². The number of rotatable bonds is 3. The molecule has 2 nitrogen and oxygen atoms in total. The third-order valence-electron chi connectivity index (χ3n) is 2.24. The van der Waals surface area contributed by atoms with E-state index in [0.29, 0.717) is 12.3 Å². The zero-order chi connectivity index (χ0) is 8.97. The third kappa shape index (κ3) is 3.15.